The van der Waals surface area contributed by atoms with Crippen molar-refractivity contribution in [1.29, 1.82) is 0 Å². The lowest BCUT2D eigenvalue weighted by Gasteiger charge is -2.34. The Labute approximate surface area is 151 Å². The molecule has 24 heavy (non-hydrogen) atoms. The Morgan fingerprint density at radius 1 is 1.17 bits per heavy atom. The zero-order chi connectivity index (χ0) is 16.0. The van der Waals surface area contributed by atoms with Crippen LogP contribution in [0.1, 0.15) is 44.1 Å². The van der Waals surface area contributed by atoms with Crippen LogP contribution in [0.15, 0.2) is 30.3 Å². The quantitative estimate of drug-likeness (QED) is 0.819. The minimum Gasteiger partial charge on any atom is -0.366 e. The maximum absolute atomic E-state index is 12.4. The highest BCUT2D eigenvalue weighted by atomic mass is 35.5. The van der Waals surface area contributed by atoms with E-state index in [1.807, 2.05) is 0 Å². The molecule has 1 aliphatic heterocycles. The third kappa shape index (κ3) is 4.71. The maximum atomic E-state index is 12.4. The molecular weight excluding hydrogens is 324 g/mol. The number of carbonyl (C=O) groups excluding carboxylic acids is 1. The average Bonchev–Trinajstić information content (AvgIpc) is 2.88. The van der Waals surface area contributed by atoms with Gasteiger partial charge in [-0.2, -0.15) is 0 Å². The Bertz CT molecular complexity index is 495. The molecule has 4 nitrogen and oxygen atoms in total. The third-order valence-corrected chi connectivity index (χ3v) is 5.27. The Kier molecular flexibility index (Phi) is 7.53. The van der Waals surface area contributed by atoms with Crippen LogP contribution in [-0.2, 0) is 14.9 Å². The minimum absolute atomic E-state index is 0. The van der Waals surface area contributed by atoms with Crippen molar-refractivity contribution in [1.82, 2.24) is 10.6 Å². The summed E-state index contributed by atoms with van der Waals surface area (Å²) in [5.41, 5.74) is 1.44. The van der Waals surface area contributed by atoms with Crippen molar-refractivity contribution in [3.63, 3.8) is 0 Å². The molecule has 1 aromatic rings. The zero-order valence-electron chi connectivity index (χ0n) is 14.3. The fourth-order valence-corrected chi connectivity index (χ4v) is 3.87. The molecule has 3 rings (SSSR count). The van der Waals surface area contributed by atoms with Gasteiger partial charge in [-0.15, -0.1) is 12.4 Å². The first-order valence-corrected chi connectivity index (χ1v) is 8.96. The Balaban J connectivity index is 0.00000208. The van der Waals surface area contributed by atoms with Gasteiger partial charge in [-0.1, -0.05) is 56.0 Å². The monoisotopic (exact) mass is 352 g/mol. The van der Waals surface area contributed by atoms with E-state index in [0.29, 0.717) is 13.2 Å². The van der Waals surface area contributed by atoms with Crippen molar-refractivity contribution in [3.8, 4) is 0 Å². The summed E-state index contributed by atoms with van der Waals surface area (Å²) in [5, 5.41) is 6.40. The third-order valence-electron chi connectivity index (χ3n) is 5.27. The molecule has 1 heterocycles. The van der Waals surface area contributed by atoms with Crippen LogP contribution < -0.4 is 10.6 Å². The summed E-state index contributed by atoms with van der Waals surface area (Å²) in [6.45, 7) is 2.78. The number of morpholine rings is 1. The second-order valence-corrected chi connectivity index (χ2v) is 6.84. The SMILES string of the molecule is Cl.O=C(NCC1(c2ccccc2)CCCCCC1)C1CNCCO1. The van der Waals surface area contributed by atoms with Crippen LogP contribution in [0.4, 0.5) is 0 Å². The summed E-state index contributed by atoms with van der Waals surface area (Å²) in [5.74, 6) is 0.0248. The first-order chi connectivity index (χ1) is 11.3. The molecule has 1 aromatic carbocycles. The Morgan fingerprint density at radius 3 is 2.50 bits per heavy atom. The summed E-state index contributed by atoms with van der Waals surface area (Å²) in [6.07, 6.45) is 7.05. The zero-order valence-corrected chi connectivity index (χ0v) is 15.1. The summed E-state index contributed by atoms with van der Waals surface area (Å²) >= 11 is 0. The number of amides is 1. The van der Waals surface area contributed by atoms with Gasteiger partial charge < -0.3 is 15.4 Å². The van der Waals surface area contributed by atoms with Crippen LogP contribution in [-0.4, -0.2) is 38.3 Å². The molecule has 1 saturated heterocycles. The van der Waals surface area contributed by atoms with E-state index < -0.39 is 0 Å². The van der Waals surface area contributed by atoms with Crippen LogP contribution in [0.25, 0.3) is 0 Å². The average molecular weight is 353 g/mol. The van der Waals surface area contributed by atoms with Crippen molar-refractivity contribution in [2.24, 2.45) is 0 Å². The van der Waals surface area contributed by atoms with Gasteiger partial charge >= 0.3 is 0 Å². The molecule has 2 N–H and O–H groups in total. The molecule has 0 radical (unpaired) electrons. The molecule has 1 aliphatic carbocycles. The number of halogens is 1. The summed E-state index contributed by atoms with van der Waals surface area (Å²) in [6, 6.07) is 10.7. The smallest absolute Gasteiger partial charge is 0.250 e. The second-order valence-electron chi connectivity index (χ2n) is 6.84. The van der Waals surface area contributed by atoms with Crippen LogP contribution >= 0.6 is 12.4 Å². The molecular formula is C19H29ClN2O2. The lowest BCUT2D eigenvalue weighted by Crippen LogP contribution is -2.50. The van der Waals surface area contributed by atoms with Gasteiger partial charge in [0.2, 0.25) is 5.91 Å². The lowest BCUT2D eigenvalue weighted by molar-refractivity contribution is -0.134. The number of benzene rings is 1. The van der Waals surface area contributed by atoms with E-state index in [-0.39, 0.29) is 29.8 Å². The van der Waals surface area contributed by atoms with E-state index in [1.54, 1.807) is 0 Å². The maximum Gasteiger partial charge on any atom is 0.250 e. The van der Waals surface area contributed by atoms with Gasteiger partial charge in [0.15, 0.2) is 0 Å². The summed E-state index contributed by atoms with van der Waals surface area (Å²) < 4.78 is 5.57. The van der Waals surface area contributed by atoms with Crippen molar-refractivity contribution >= 4 is 18.3 Å². The Morgan fingerprint density at radius 2 is 1.88 bits per heavy atom. The molecule has 0 aromatic heterocycles. The number of nitrogens with one attached hydrogen (secondary N) is 2. The van der Waals surface area contributed by atoms with Gasteiger partial charge in [0, 0.05) is 25.0 Å². The summed E-state index contributed by atoms with van der Waals surface area (Å²) in [4.78, 5) is 12.4. The van der Waals surface area contributed by atoms with E-state index in [0.717, 1.165) is 25.9 Å². The van der Waals surface area contributed by atoms with E-state index in [9.17, 15) is 4.79 Å². The fraction of sp³-hybridized carbons (Fsp3) is 0.632. The number of carbonyl (C=O) groups is 1. The molecule has 0 bridgehead atoms. The van der Waals surface area contributed by atoms with Crippen molar-refractivity contribution in [2.75, 3.05) is 26.2 Å². The number of hydrogen-bond donors (Lipinski definition) is 2. The van der Waals surface area contributed by atoms with Gasteiger partial charge in [0.05, 0.1) is 6.61 Å². The molecule has 1 saturated carbocycles. The van der Waals surface area contributed by atoms with Crippen LogP contribution in [0.2, 0.25) is 0 Å². The molecule has 1 amide bonds. The predicted molar refractivity (Wildman–Crippen MR) is 98.7 cm³/mol. The number of hydrogen-bond acceptors (Lipinski definition) is 3. The van der Waals surface area contributed by atoms with Gasteiger partial charge in [0.1, 0.15) is 6.10 Å². The van der Waals surface area contributed by atoms with Gasteiger partial charge in [-0.25, -0.2) is 0 Å². The van der Waals surface area contributed by atoms with Gasteiger partial charge in [0.25, 0.3) is 0 Å². The Hall–Kier alpha value is -1.10. The highest BCUT2D eigenvalue weighted by Crippen LogP contribution is 2.37. The molecule has 5 heteroatoms. The number of ether oxygens (including phenoxy) is 1. The van der Waals surface area contributed by atoms with E-state index in [4.69, 9.17) is 4.74 Å². The fourth-order valence-electron chi connectivity index (χ4n) is 3.87. The van der Waals surface area contributed by atoms with Crippen molar-refractivity contribution in [2.45, 2.75) is 50.0 Å². The van der Waals surface area contributed by atoms with E-state index in [2.05, 4.69) is 41.0 Å². The molecule has 134 valence electrons. The topological polar surface area (TPSA) is 50.4 Å². The van der Waals surface area contributed by atoms with E-state index >= 15 is 0 Å². The molecule has 0 spiro atoms. The molecule has 1 atom stereocenters. The van der Waals surface area contributed by atoms with Crippen LogP contribution in [0.5, 0.6) is 0 Å². The largest absolute Gasteiger partial charge is 0.366 e. The lowest BCUT2D eigenvalue weighted by atomic mass is 9.74. The highest BCUT2D eigenvalue weighted by Gasteiger charge is 2.34. The normalized spacial score (nSPS) is 23.6. The van der Waals surface area contributed by atoms with Crippen molar-refractivity contribution in [3.05, 3.63) is 35.9 Å². The van der Waals surface area contributed by atoms with Crippen molar-refractivity contribution < 1.29 is 9.53 Å². The highest BCUT2D eigenvalue weighted by molar-refractivity contribution is 5.85. The van der Waals surface area contributed by atoms with Crippen LogP contribution in [0, 0.1) is 0 Å². The number of rotatable bonds is 4. The summed E-state index contributed by atoms with van der Waals surface area (Å²) in [7, 11) is 0. The standard InChI is InChI=1S/C19H28N2O2.ClH/c22-18(17-14-20-12-13-23-17)21-15-19(10-6-1-2-7-11-19)16-8-4-3-5-9-16;/h3-5,8-9,17,20H,1-2,6-7,10-15H2,(H,21,22);1H. The van der Waals surface area contributed by atoms with Gasteiger partial charge in [-0.3, -0.25) is 4.79 Å². The first-order valence-electron chi connectivity index (χ1n) is 8.96. The molecule has 2 aliphatic rings. The molecule has 1 unspecified atom stereocenters. The van der Waals surface area contributed by atoms with Crippen LogP contribution in [0.3, 0.4) is 0 Å². The predicted octanol–water partition coefficient (Wildman–Crippen LogP) is 2.81. The first kappa shape index (κ1) is 19.2. The molecule has 2 fully saturated rings. The minimum atomic E-state index is -0.345. The van der Waals surface area contributed by atoms with Gasteiger partial charge in [-0.05, 0) is 18.4 Å². The second kappa shape index (κ2) is 9.40. The van der Waals surface area contributed by atoms with E-state index in [1.165, 1.54) is 31.2 Å².